The molecule has 1 unspecified atom stereocenters. The first-order valence-corrected chi connectivity index (χ1v) is 23.8. The molecule has 7 rings (SSSR count). The quantitative estimate of drug-likeness (QED) is 0.0188. The highest BCUT2D eigenvalue weighted by Crippen LogP contribution is 2.45. The van der Waals surface area contributed by atoms with E-state index in [9.17, 15) is 29.1 Å². The molecule has 2 aromatic heterocycles. The maximum Gasteiger partial charge on any atom is 0.362 e. The number of carboxylic acid groups (broad SMARTS) is 1. The summed E-state index contributed by atoms with van der Waals surface area (Å²) in [5.41, 5.74) is -1.39. The van der Waals surface area contributed by atoms with Crippen LogP contribution in [-0.2, 0) is 34.3 Å². The Bertz CT molecular complexity index is 2620. The van der Waals surface area contributed by atoms with Crippen molar-refractivity contribution < 1.29 is 33.9 Å². The van der Waals surface area contributed by atoms with Gasteiger partial charge < -0.3 is 25.3 Å². The molecule has 0 radical (unpaired) electrons. The van der Waals surface area contributed by atoms with Crippen LogP contribution in [0, 0.1) is 5.41 Å². The number of rotatable bonds is 17. The Hall–Kier alpha value is -6.31. The molecule has 0 spiro atoms. The molecule has 2 atom stereocenters. The molecule has 344 valence electrons. The molecule has 1 fully saturated rings. The molecule has 4 heterocycles. The van der Waals surface area contributed by atoms with Crippen LogP contribution in [-0.4, -0.2) is 93.8 Å². The molecule has 2 amide bonds. The van der Waals surface area contributed by atoms with E-state index in [2.05, 4.69) is 31.0 Å². The van der Waals surface area contributed by atoms with Crippen molar-refractivity contribution in [3.8, 4) is 0 Å². The third-order valence-corrected chi connectivity index (χ3v) is 13.8. The maximum atomic E-state index is 14.6. The van der Waals surface area contributed by atoms with E-state index in [-0.39, 0.29) is 17.8 Å². The van der Waals surface area contributed by atoms with Crippen molar-refractivity contribution in [3.05, 3.63) is 147 Å². The number of hydrogen-bond donors (Lipinski definition) is 4. The fourth-order valence-corrected chi connectivity index (χ4v) is 10.4. The van der Waals surface area contributed by atoms with Crippen LogP contribution in [0.15, 0.2) is 129 Å². The number of nitrogens with zero attached hydrogens (tertiary/aromatic N) is 5. The van der Waals surface area contributed by atoms with Crippen LogP contribution < -0.4 is 16.3 Å². The topological polar surface area (TPSA) is 218 Å². The van der Waals surface area contributed by atoms with Crippen molar-refractivity contribution in [2.24, 2.45) is 10.6 Å². The number of carbonyl (C=O) groups excluding carboxylic acids is 3. The van der Waals surface area contributed by atoms with Gasteiger partial charge in [-0.15, -0.1) is 34.9 Å². The number of fused-ring (bicyclic) bond motifs is 1. The average molecular weight is 951 g/mol. The van der Waals surface area contributed by atoms with Gasteiger partial charge >= 0.3 is 17.6 Å². The molecule has 4 N–H and O–H groups in total. The maximum absolute atomic E-state index is 14.6. The van der Waals surface area contributed by atoms with Crippen LogP contribution in [0.5, 0.6) is 0 Å². The van der Waals surface area contributed by atoms with E-state index >= 15 is 0 Å². The number of carbonyl (C=O) groups is 4. The second kappa shape index (κ2) is 19.3. The first-order valence-electron chi connectivity index (χ1n) is 20.9. The largest absolute Gasteiger partial charge is 0.481 e. The van der Waals surface area contributed by atoms with Gasteiger partial charge in [0.15, 0.2) is 10.8 Å². The van der Waals surface area contributed by atoms with Gasteiger partial charge in [-0.3, -0.25) is 19.3 Å². The highest BCUT2D eigenvalue weighted by molar-refractivity contribution is 8.01. The molecular formula is C47H50N8O8S3. The smallest absolute Gasteiger partial charge is 0.362 e. The number of allylic oxidation sites excluding steroid dienone is 1. The van der Waals surface area contributed by atoms with Crippen molar-refractivity contribution in [3.63, 3.8) is 0 Å². The third kappa shape index (κ3) is 10.4. The molecule has 0 aliphatic carbocycles. The van der Waals surface area contributed by atoms with Crippen LogP contribution in [0.4, 0.5) is 5.13 Å². The van der Waals surface area contributed by atoms with Crippen molar-refractivity contribution in [2.45, 2.75) is 88.1 Å². The highest BCUT2D eigenvalue weighted by atomic mass is 32.2. The number of oxime groups is 1. The molecule has 16 nitrogen and oxygen atoms in total. The van der Waals surface area contributed by atoms with Crippen LogP contribution in [0.25, 0.3) is 0 Å². The SMILES string of the molecule is CC(C)(C)OC(=O)C(C)(C)ON=C(C(=O)NC1C(=O)N2C(CC(C)(C)C(=O)O)=C(CSc3cn[nH]c(=O)n3)CS[C@@H]12)c1csc(NC(c2ccccc2)(c2ccccc2)c2ccccc2)n1. The van der Waals surface area contributed by atoms with Crippen molar-refractivity contribution in [1.29, 1.82) is 0 Å². The van der Waals surface area contributed by atoms with Gasteiger partial charge in [-0.1, -0.05) is 96.2 Å². The molecule has 1 saturated heterocycles. The number of amides is 2. The standard InChI is InChI=1S/C47H50N8O8S3/c1-44(2,3)62-41(60)46(6,7)63-54-35(32-27-66-43(49-32)52-47(29-17-11-8-12-18-29,30-19-13-9-14-20-30)31-21-15-10-16-22-31)37(56)51-36-38(57)55-33(23-45(4,5)40(58)59)28(26-65-39(36)55)25-64-34-24-48-53-42(61)50-34/h8-22,24,27,36,39H,23,25-26H2,1-7H3,(H,49,52)(H,51,56)(H,58,59)(H,50,53,61)/t36?,39-/m0/s1. The summed E-state index contributed by atoms with van der Waals surface area (Å²) >= 11 is 3.87. The Morgan fingerprint density at radius 3 is 2.03 bits per heavy atom. The fourth-order valence-electron chi connectivity index (χ4n) is 7.24. The number of β-lactam (4-membered cyclic amide) rings is 1. The Kier molecular flexibility index (Phi) is 13.9. The minimum absolute atomic E-state index is 0.0219. The van der Waals surface area contributed by atoms with E-state index < -0.39 is 63.0 Å². The zero-order valence-corrected chi connectivity index (χ0v) is 39.8. The summed E-state index contributed by atoms with van der Waals surface area (Å²) in [5, 5.41) is 28.8. The predicted molar refractivity (Wildman–Crippen MR) is 254 cm³/mol. The lowest BCUT2D eigenvalue weighted by atomic mass is 9.77. The van der Waals surface area contributed by atoms with Gasteiger partial charge in [-0.05, 0) is 70.7 Å². The van der Waals surface area contributed by atoms with E-state index in [0.29, 0.717) is 27.4 Å². The number of nitrogens with one attached hydrogen (secondary N) is 3. The zero-order chi connectivity index (χ0) is 47.4. The fraction of sp³-hybridized carbons (Fsp3) is 0.340. The number of anilines is 1. The minimum atomic E-state index is -1.65. The highest BCUT2D eigenvalue weighted by Gasteiger charge is 2.54. The number of carboxylic acids is 1. The Morgan fingerprint density at radius 1 is 0.894 bits per heavy atom. The van der Waals surface area contributed by atoms with Crippen LogP contribution in [0.2, 0.25) is 0 Å². The first kappa shape index (κ1) is 47.6. The molecule has 2 aliphatic rings. The Balaban J connectivity index is 1.22. The minimum Gasteiger partial charge on any atom is -0.481 e. The summed E-state index contributed by atoms with van der Waals surface area (Å²) in [6.07, 6.45) is 1.44. The number of aromatic amines is 1. The lowest BCUT2D eigenvalue weighted by Gasteiger charge is -2.51. The van der Waals surface area contributed by atoms with E-state index in [1.807, 2.05) is 91.0 Å². The number of aromatic nitrogens is 4. The van der Waals surface area contributed by atoms with E-state index in [4.69, 9.17) is 14.6 Å². The number of H-pyrrole nitrogens is 1. The molecular weight excluding hydrogens is 901 g/mol. The summed E-state index contributed by atoms with van der Waals surface area (Å²) in [6.45, 7) is 11.3. The van der Waals surface area contributed by atoms with Gasteiger partial charge in [0.1, 0.15) is 33.3 Å². The Labute approximate surface area is 394 Å². The zero-order valence-electron chi connectivity index (χ0n) is 37.4. The number of thiazole rings is 1. The van der Waals surface area contributed by atoms with Crippen molar-refractivity contribution in [2.75, 3.05) is 16.8 Å². The van der Waals surface area contributed by atoms with Crippen molar-refractivity contribution >= 4 is 69.5 Å². The molecule has 2 aliphatic heterocycles. The second-order valence-electron chi connectivity index (χ2n) is 17.7. The molecule has 5 aromatic rings. The average Bonchev–Trinajstić information content (AvgIpc) is 3.74. The molecule has 19 heteroatoms. The second-order valence-corrected chi connectivity index (χ2v) is 20.7. The van der Waals surface area contributed by atoms with E-state index in [1.54, 1.807) is 40.0 Å². The third-order valence-electron chi connectivity index (χ3n) is 10.7. The molecule has 66 heavy (non-hydrogen) atoms. The number of esters is 1. The molecule has 0 bridgehead atoms. The lowest BCUT2D eigenvalue weighted by molar-refractivity contribution is -0.179. The van der Waals surface area contributed by atoms with Crippen LogP contribution >= 0.6 is 34.9 Å². The summed E-state index contributed by atoms with van der Waals surface area (Å²) in [4.78, 5) is 82.4. The van der Waals surface area contributed by atoms with Gasteiger partial charge in [0.25, 0.3) is 11.8 Å². The number of ether oxygens (including phenoxy) is 1. The number of hydrogen-bond acceptors (Lipinski definition) is 15. The first-order chi connectivity index (χ1) is 31.3. The predicted octanol–water partition coefficient (Wildman–Crippen LogP) is 6.81. The number of thioether (sulfide) groups is 2. The van der Waals surface area contributed by atoms with Crippen molar-refractivity contribution in [1.82, 2.24) is 30.4 Å². The monoisotopic (exact) mass is 950 g/mol. The van der Waals surface area contributed by atoms with Crippen LogP contribution in [0.3, 0.4) is 0 Å². The van der Waals surface area contributed by atoms with Gasteiger partial charge in [-0.2, -0.15) is 10.1 Å². The molecule has 3 aromatic carbocycles. The summed E-state index contributed by atoms with van der Waals surface area (Å²) in [5.74, 6) is -2.30. The van der Waals surface area contributed by atoms with Gasteiger partial charge in [0, 0.05) is 29.0 Å². The summed E-state index contributed by atoms with van der Waals surface area (Å²) in [6, 6.07) is 28.8. The normalized spacial score (nSPS) is 16.8. The van der Waals surface area contributed by atoms with Gasteiger partial charge in [0.2, 0.25) is 5.60 Å². The van der Waals surface area contributed by atoms with Crippen LogP contribution in [0.1, 0.15) is 77.3 Å². The Morgan fingerprint density at radius 2 is 1.48 bits per heavy atom. The van der Waals surface area contributed by atoms with E-state index in [0.717, 1.165) is 22.3 Å². The summed E-state index contributed by atoms with van der Waals surface area (Å²) < 4.78 is 5.59. The molecule has 0 saturated carbocycles. The van der Waals surface area contributed by atoms with Gasteiger partial charge in [0.05, 0.1) is 11.6 Å². The van der Waals surface area contributed by atoms with Gasteiger partial charge in [-0.25, -0.2) is 19.7 Å². The number of aliphatic carboxylic acids is 1. The number of benzene rings is 3. The summed E-state index contributed by atoms with van der Waals surface area (Å²) in [7, 11) is 0. The lowest BCUT2D eigenvalue weighted by Crippen LogP contribution is -2.70. The van der Waals surface area contributed by atoms with E-state index in [1.165, 1.54) is 59.8 Å².